The van der Waals surface area contributed by atoms with Crippen molar-refractivity contribution >= 4 is 28.8 Å². The molecule has 0 bridgehead atoms. The maximum atomic E-state index is 12.4. The van der Waals surface area contributed by atoms with Crippen LogP contribution in [0.1, 0.15) is 28.1 Å². The van der Waals surface area contributed by atoms with Crippen LogP contribution in [0.25, 0.3) is 0 Å². The first kappa shape index (κ1) is 16.3. The summed E-state index contributed by atoms with van der Waals surface area (Å²) < 4.78 is 5.79. The van der Waals surface area contributed by atoms with Crippen molar-refractivity contribution in [2.75, 3.05) is 19.7 Å². The van der Waals surface area contributed by atoms with Crippen molar-refractivity contribution in [3.63, 3.8) is 0 Å². The van der Waals surface area contributed by atoms with E-state index in [9.17, 15) is 4.79 Å². The first-order chi connectivity index (χ1) is 11.1. The molecule has 0 aliphatic carbocycles. The van der Waals surface area contributed by atoms with Gasteiger partial charge >= 0.3 is 0 Å². The van der Waals surface area contributed by atoms with Gasteiger partial charge in [-0.2, -0.15) is 0 Å². The molecule has 0 spiro atoms. The summed E-state index contributed by atoms with van der Waals surface area (Å²) in [6.45, 7) is 4.22. The Morgan fingerprint density at radius 2 is 2.26 bits per heavy atom. The minimum absolute atomic E-state index is 0.152. The second kappa shape index (κ2) is 7.32. The third-order valence-electron chi connectivity index (χ3n) is 4.05. The quantitative estimate of drug-likeness (QED) is 0.835. The molecule has 1 fully saturated rings. The molecule has 2 aromatic rings. The molecule has 1 aliphatic rings. The van der Waals surface area contributed by atoms with Crippen molar-refractivity contribution < 1.29 is 9.53 Å². The fraction of sp³-hybridized carbons (Fsp3) is 0.412. The van der Waals surface area contributed by atoms with Gasteiger partial charge in [0.15, 0.2) is 0 Å². The Kier molecular flexibility index (Phi) is 5.18. The van der Waals surface area contributed by atoms with E-state index in [-0.39, 0.29) is 5.91 Å². The second-order valence-electron chi connectivity index (χ2n) is 5.84. The molecular formula is C17H19ClN2O2S. The zero-order chi connectivity index (χ0) is 16.2. The number of thiophene rings is 1. The minimum Gasteiger partial charge on any atom is -0.492 e. The number of amides is 1. The molecule has 0 N–H and O–H groups in total. The highest BCUT2D eigenvalue weighted by atomic mass is 35.5. The van der Waals surface area contributed by atoms with Gasteiger partial charge < -0.3 is 9.64 Å². The molecule has 0 saturated carbocycles. The van der Waals surface area contributed by atoms with Gasteiger partial charge in [0.2, 0.25) is 0 Å². The topological polar surface area (TPSA) is 42.4 Å². The maximum Gasteiger partial charge on any atom is 0.263 e. The van der Waals surface area contributed by atoms with Crippen molar-refractivity contribution in [2.24, 2.45) is 5.92 Å². The van der Waals surface area contributed by atoms with Crippen LogP contribution in [0.2, 0.25) is 5.02 Å². The molecule has 0 unspecified atom stereocenters. The third-order valence-corrected chi connectivity index (χ3v) is 5.37. The molecule has 3 heterocycles. The van der Waals surface area contributed by atoms with Gasteiger partial charge in [-0.25, -0.2) is 0 Å². The van der Waals surface area contributed by atoms with Gasteiger partial charge in [0.05, 0.1) is 11.5 Å². The van der Waals surface area contributed by atoms with Crippen LogP contribution >= 0.6 is 22.9 Å². The predicted octanol–water partition coefficient (Wildman–Crippen LogP) is 4.04. The molecule has 0 atom stereocenters. The van der Waals surface area contributed by atoms with Gasteiger partial charge in [0.25, 0.3) is 5.91 Å². The number of halogens is 1. The monoisotopic (exact) mass is 350 g/mol. The summed E-state index contributed by atoms with van der Waals surface area (Å²) in [6.07, 6.45) is 5.17. The van der Waals surface area contributed by atoms with Crippen molar-refractivity contribution in [1.29, 1.82) is 0 Å². The molecule has 0 radical (unpaired) electrons. The smallest absolute Gasteiger partial charge is 0.263 e. The van der Waals surface area contributed by atoms with Gasteiger partial charge in [-0.1, -0.05) is 11.6 Å². The van der Waals surface area contributed by atoms with Gasteiger partial charge in [-0.3, -0.25) is 9.78 Å². The van der Waals surface area contributed by atoms with Crippen LogP contribution in [0.4, 0.5) is 0 Å². The number of hydrogen-bond donors (Lipinski definition) is 0. The van der Waals surface area contributed by atoms with Crippen LogP contribution in [0.5, 0.6) is 5.75 Å². The normalized spacial score (nSPS) is 15.7. The predicted molar refractivity (Wildman–Crippen MR) is 92.4 cm³/mol. The molecule has 3 rings (SSSR count). The van der Waals surface area contributed by atoms with Gasteiger partial charge in [-0.15, -0.1) is 11.3 Å². The van der Waals surface area contributed by atoms with E-state index in [1.807, 2.05) is 23.3 Å². The molecule has 23 heavy (non-hydrogen) atoms. The lowest BCUT2D eigenvalue weighted by molar-refractivity contribution is 0.0666. The first-order valence-corrected chi connectivity index (χ1v) is 8.96. The molecular weight excluding hydrogens is 332 g/mol. The number of ether oxygens (including phenoxy) is 1. The number of aryl methyl sites for hydroxylation is 1. The number of likely N-dealkylation sites (tertiary alicyclic amines) is 1. The van der Waals surface area contributed by atoms with E-state index in [4.69, 9.17) is 16.3 Å². The number of carbonyl (C=O) groups is 1. The van der Waals surface area contributed by atoms with E-state index >= 15 is 0 Å². The number of piperidine rings is 1. The molecule has 1 aliphatic heterocycles. The SMILES string of the molecule is Cc1csc(C(=O)N2CCC(COc3ccncc3Cl)CC2)c1. The van der Waals surface area contributed by atoms with Crippen molar-refractivity contribution in [2.45, 2.75) is 19.8 Å². The van der Waals surface area contributed by atoms with Crippen LogP contribution in [0, 0.1) is 12.8 Å². The fourth-order valence-electron chi connectivity index (χ4n) is 2.69. The van der Waals surface area contributed by atoms with E-state index in [0.717, 1.165) is 36.4 Å². The van der Waals surface area contributed by atoms with E-state index in [1.54, 1.807) is 18.5 Å². The van der Waals surface area contributed by atoms with E-state index in [2.05, 4.69) is 4.98 Å². The average molecular weight is 351 g/mol. The summed E-state index contributed by atoms with van der Waals surface area (Å²) in [6, 6.07) is 3.74. The Bertz CT molecular complexity index is 681. The molecule has 122 valence electrons. The standard InChI is InChI=1S/C17H19ClN2O2S/c1-12-8-16(23-11-12)17(21)20-6-3-13(4-7-20)10-22-15-2-5-19-9-14(15)18/h2,5,8-9,11,13H,3-4,6-7,10H2,1H3. The minimum atomic E-state index is 0.152. The molecule has 0 aromatic carbocycles. The zero-order valence-corrected chi connectivity index (χ0v) is 14.6. The van der Waals surface area contributed by atoms with Gasteiger partial charge in [0, 0.05) is 31.5 Å². The number of carbonyl (C=O) groups excluding carboxylic acids is 1. The summed E-state index contributed by atoms with van der Waals surface area (Å²) in [7, 11) is 0. The summed E-state index contributed by atoms with van der Waals surface area (Å²) in [5.41, 5.74) is 1.15. The zero-order valence-electron chi connectivity index (χ0n) is 13.0. The molecule has 1 amide bonds. The van der Waals surface area contributed by atoms with E-state index in [1.165, 1.54) is 11.3 Å². The number of rotatable bonds is 4. The Morgan fingerprint density at radius 3 is 2.91 bits per heavy atom. The van der Waals surface area contributed by atoms with Crippen molar-refractivity contribution in [1.82, 2.24) is 9.88 Å². The average Bonchev–Trinajstić information content (AvgIpc) is 3.00. The van der Waals surface area contributed by atoms with Crippen LogP contribution in [-0.4, -0.2) is 35.5 Å². The first-order valence-electron chi connectivity index (χ1n) is 7.70. The summed E-state index contributed by atoms with van der Waals surface area (Å²) in [5, 5.41) is 2.56. The van der Waals surface area contributed by atoms with Crippen LogP contribution in [-0.2, 0) is 0 Å². The Hall–Kier alpha value is -1.59. The highest BCUT2D eigenvalue weighted by Gasteiger charge is 2.24. The number of nitrogens with zero attached hydrogens (tertiary/aromatic N) is 2. The summed E-state index contributed by atoms with van der Waals surface area (Å²) in [5.74, 6) is 1.28. The molecule has 1 saturated heterocycles. The lowest BCUT2D eigenvalue weighted by atomic mass is 9.97. The lowest BCUT2D eigenvalue weighted by Gasteiger charge is -2.31. The summed E-state index contributed by atoms with van der Waals surface area (Å²) in [4.78, 5) is 19.1. The summed E-state index contributed by atoms with van der Waals surface area (Å²) >= 11 is 7.56. The van der Waals surface area contributed by atoms with E-state index < -0.39 is 0 Å². The highest BCUT2D eigenvalue weighted by molar-refractivity contribution is 7.12. The maximum absolute atomic E-state index is 12.4. The highest BCUT2D eigenvalue weighted by Crippen LogP contribution is 2.25. The van der Waals surface area contributed by atoms with Crippen molar-refractivity contribution in [3.8, 4) is 5.75 Å². The number of aromatic nitrogens is 1. The fourth-order valence-corrected chi connectivity index (χ4v) is 3.73. The number of pyridine rings is 1. The molecule has 6 heteroatoms. The lowest BCUT2D eigenvalue weighted by Crippen LogP contribution is -2.39. The van der Waals surface area contributed by atoms with Gasteiger partial charge in [-0.05, 0) is 42.7 Å². The van der Waals surface area contributed by atoms with Crippen molar-refractivity contribution in [3.05, 3.63) is 45.4 Å². The third kappa shape index (κ3) is 4.03. The largest absolute Gasteiger partial charge is 0.492 e. The van der Waals surface area contributed by atoms with Crippen LogP contribution in [0.3, 0.4) is 0 Å². The van der Waals surface area contributed by atoms with E-state index in [0.29, 0.717) is 23.3 Å². The van der Waals surface area contributed by atoms with Gasteiger partial charge in [0.1, 0.15) is 10.8 Å². The molecule has 4 nitrogen and oxygen atoms in total. The second-order valence-corrected chi connectivity index (χ2v) is 7.16. The Morgan fingerprint density at radius 1 is 1.48 bits per heavy atom. The molecule has 2 aromatic heterocycles. The Balaban J connectivity index is 1.49. The van der Waals surface area contributed by atoms with Crippen LogP contribution < -0.4 is 4.74 Å². The Labute approximate surface area is 145 Å². The number of hydrogen-bond acceptors (Lipinski definition) is 4. The van der Waals surface area contributed by atoms with Crippen LogP contribution in [0.15, 0.2) is 29.9 Å².